The fraction of sp³-hybridized carbons (Fsp3) is 0.353. The van der Waals surface area contributed by atoms with Gasteiger partial charge in [0.15, 0.2) is 5.82 Å². The summed E-state index contributed by atoms with van der Waals surface area (Å²) in [5.41, 5.74) is 1.04. The SMILES string of the molecule is COCCn1cnnc1[C@@H](C)NC(=O)Cn1ccc2ccccc21. The molecule has 7 heteroatoms. The molecule has 0 saturated carbocycles. The van der Waals surface area contributed by atoms with Gasteiger partial charge >= 0.3 is 0 Å². The average molecular weight is 327 g/mol. The Bertz CT molecular complexity index is 823. The zero-order chi connectivity index (χ0) is 16.9. The lowest BCUT2D eigenvalue weighted by Gasteiger charge is -2.15. The minimum Gasteiger partial charge on any atom is -0.383 e. The Hall–Kier alpha value is -2.67. The van der Waals surface area contributed by atoms with E-state index in [1.165, 1.54) is 0 Å². The zero-order valence-corrected chi connectivity index (χ0v) is 13.8. The number of para-hydroxylation sites is 1. The lowest BCUT2D eigenvalue weighted by Crippen LogP contribution is -2.31. The molecule has 0 fully saturated rings. The van der Waals surface area contributed by atoms with Crippen LogP contribution in [0.15, 0.2) is 42.9 Å². The summed E-state index contributed by atoms with van der Waals surface area (Å²) in [5.74, 6) is 0.655. The molecule has 1 atom stereocenters. The second kappa shape index (κ2) is 7.27. The van der Waals surface area contributed by atoms with Gasteiger partial charge in [-0.15, -0.1) is 10.2 Å². The van der Waals surface area contributed by atoms with Crippen LogP contribution in [0.4, 0.5) is 0 Å². The van der Waals surface area contributed by atoms with E-state index in [9.17, 15) is 4.79 Å². The van der Waals surface area contributed by atoms with Gasteiger partial charge < -0.3 is 19.2 Å². The quantitative estimate of drug-likeness (QED) is 0.717. The first-order valence-electron chi connectivity index (χ1n) is 7.89. The van der Waals surface area contributed by atoms with Gasteiger partial charge in [-0.1, -0.05) is 18.2 Å². The third-order valence-corrected chi connectivity index (χ3v) is 3.94. The fourth-order valence-electron chi connectivity index (χ4n) is 2.75. The van der Waals surface area contributed by atoms with Crippen molar-refractivity contribution in [3.05, 3.63) is 48.7 Å². The molecule has 0 aliphatic rings. The number of ether oxygens (including phenoxy) is 1. The highest BCUT2D eigenvalue weighted by atomic mass is 16.5. The smallest absolute Gasteiger partial charge is 0.240 e. The molecule has 0 radical (unpaired) electrons. The first-order chi connectivity index (χ1) is 11.7. The first-order valence-corrected chi connectivity index (χ1v) is 7.89. The number of fused-ring (bicyclic) bond motifs is 1. The summed E-state index contributed by atoms with van der Waals surface area (Å²) < 4.78 is 8.90. The fourth-order valence-corrected chi connectivity index (χ4v) is 2.75. The molecule has 1 aromatic carbocycles. The summed E-state index contributed by atoms with van der Waals surface area (Å²) in [5, 5.41) is 12.1. The van der Waals surface area contributed by atoms with Crippen molar-refractivity contribution in [1.82, 2.24) is 24.6 Å². The predicted octanol–water partition coefficient (Wildman–Crippen LogP) is 1.76. The molecule has 0 unspecified atom stereocenters. The third-order valence-electron chi connectivity index (χ3n) is 3.94. The van der Waals surface area contributed by atoms with E-state index in [4.69, 9.17) is 4.74 Å². The number of amides is 1. The number of nitrogens with one attached hydrogen (secondary N) is 1. The first kappa shape index (κ1) is 16.2. The molecular formula is C17H21N5O2. The van der Waals surface area contributed by atoms with E-state index in [0.29, 0.717) is 13.2 Å². The van der Waals surface area contributed by atoms with Crippen LogP contribution in [-0.2, 0) is 22.6 Å². The minimum absolute atomic E-state index is 0.0647. The van der Waals surface area contributed by atoms with Gasteiger partial charge in [0, 0.05) is 25.4 Å². The summed E-state index contributed by atoms with van der Waals surface area (Å²) in [6, 6.07) is 9.78. The molecule has 0 spiro atoms. The Balaban J connectivity index is 1.65. The number of hydrogen-bond acceptors (Lipinski definition) is 4. The molecule has 0 aliphatic heterocycles. The second-order valence-corrected chi connectivity index (χ2v) is 5.67. The Morgan fingerprint density at radius 1 is 1.29 bits per heavy atom. The lowest BCUT2D eigenvalue weighted by atomic mass is 10.2. The van der Waals surface area contributed by atoms with E-state index in [-0.39, 0.29) is 18.5 Å². The van der Waals surface area contributed by atoms with Gasteiger partial charge in [0.1, 0.15) is 12.9 Å². The van der Waals surface area contributed by atoms with Gasteiger partial charge in [0.2, 0.25) is 5.91 Å². The molecule has 1 N–H and O–H groups in total. The molecule has 3 aromatic rings. The molecule has 0 aliphatic carbocycles. The summed E-state index contributed by atoms with van der Waals surface area (Å²) in [6.07, 6.45) is 3.58. The van der Waals surface area contributed by atoms with Crippen LogP contribution in [-0.4, -0.2) is 39.0 Å². The minimum atomic E-state index is -0.223. The largest absolute Gasteiger partial charge is 0.383 e. The molecule has 2 heterocycles. The number of carbonyl (C=O) groups excluding carboxylic acids is 1. The number of carbonyl (C=O) groups is 1. The van der Waals surface area contributed by atoms with E-state index in [1.54, 1.807) is 13.4 Å². The van der Waals surface area contributed by atoms with E-state index in [0.717, 1.165) is 16.7 Å². The highest BCUT2D eigenvalue weighted by molar-refractivity contribution is 5.83. The monoisotopic (exact) mass is 327 g/mol. The van der Waals surface area contributed by atoms with Gasteiger partial charge in [0.05, 0.1) is 12.6 Å². The number of benzene rings is 1. The van der Waals surface area contributed by atoms with Gasteiger partial charge in [-0.2, -0.15) is 0 Å². The van der Waals surface area contributed by atoms with Crippen molar-refractivity contribution in [1.29, 1.82) is 0 Å². The molecule has 1 amide bonds. The van der Waals surface area contributed by atoms with Crippen LogP contribution in [0.3, 0.4) is 0 Å². The van der Waals surface area contributed by atoms with Crippen molar-refractivity contribution in [3.63, 3.8) is 0 Å². The molecule has 3 rings (SSSR count). The van der Waals surface area contributed by atoms with Gasteiger partial charge in [-0.25, -0.2) is 0 Å². The molecule has 7 nitrogen and oxygen atoms in total. The lowest BCUT2D eigenvalue weighted by molar-refractivity contribution is -0.122. The summed E-state index contributed by atoms with van der Waals surface area (Å²) >= 11 is 0. The molecule has 0 saturated heterocycles. The van der Waals surface area contributed by atoms with Crippen molar-refractivity contribution in [2.24, 2.45) is 0 Å². The van der Waals surface area contributed by atoms with E-state index in [1.807, 2.05) is 52.6 Å². The topological polar surface area (TPSA) is 74.0 Å². The van der Waals surface area contributed by atoms with Crippen LogP contribution in [0, 0.1) is 0 Å². The number of rotatable bonds is 7. The summed E-state index contributed by atoms with van der Waals surface area (Å²) in [7, 11) is 1.65. The van der Waals surface area contributed by atoms with Crippen LogP contribution in [0.2, 0.25) is 0 Å². The standard InChI is InChI=1S/C17H21N5O2/c1-13(17-20-18-12-22(17)9-10-24-2)19-16(23)11-21-8-7-14-5-3-4-6-15(14)21/h3-8,12-13H,9-11H2,1-2H3,(H,19,23)/t13-/m1/s1. The number of aromatic nitrogens is 4. The van der Waals surface area contributed by atoms with Crippen molar-refractivity contribution in [3.8, 4) is 0 Å². The third kappa shape index (κ3) is 3.46. The number of hydrogen-bond donors (Lipinski definition) is 1. The van der Waals surface area contributed by atoms with Crippen molar-refractivity contribution in [2.45, 2.75) is 26.1 Å². The molecule has 126 valence electrons. The van der Waals surface area contributed by atoms with Gasteiger partial charge in [-0.3, -0.25) is 4.79 Å². The Morgan fingerprint density at radius 3 is 2.96 bits per heavy atom. The Kier molecular flexibility index (Phi) is 4.90. The molecule has 2 aromatic heterocycles. The maximum atomic E-state index is 12.4. The molecular weight excluding hydrogens is 306 g/mol. The van der Waals surface area contributed by atoms with Crippen molar-refractivity contribution in [2.75, 3.05) is 13.7 Å². The van der Waals surface area contributed by atoms with Crippen LogP contribution >= 0.6 is 0 Å². The van der Waals surface area contributed by atoms with Crippen LogP contribution in [0.1, 0.15) is 18.8 Å². The Labute approximate surface area is 140 Å². The van der Waals surface area contributed by atoms with Crippen LogP contribution < -0.4 is 5.32 Å². The highest BCUT2D eigenvalue weighted by Crippen LogP contribution is 2.15. The maximum Gasteiger partial charge on any atom is 0.240 e. The number of methoxy groups -OCH3 is 1. The van der Waals surface area contributed by atoms with Crippen LogP contribution in [0.25, 0.3) is 10.9 Å². The van der Waals surface area contributed by atoms with E-state index < -0.39 is 0 Å². The van der Waals surface area contributed by atoms with Crippen LogP contribution in [0.5, 0.6) is 0 Å². The second-order valence-electron chi connectivity index (χ2n) is 5.67. The van der Waals surface area contributed by atoms with Crippen molar-refractivity contribution >= 4 is 16.8 Å². The molecule has 24 heavy (non-hydrogen) atoms. The van der Waals surface area contributed by atoms with Crippen molar-refractivity contribution < 1.29 is 9.53 Å². The van der Waals surface area contributed by atoms with E-state index >= 15 is 0 Å². The Morgan fingerprint density at radius 2 is 2.12 bits per heavy atom. The zero-order valence-electron chi connectivity index (χ0n) is 13.8. The summed E-state index contributed by atoms with van der Waals surface area (Å²) in [4.78, 5) is 12.4. The predicted molar refractivity (Wildman–Crippen MR) is 90.4 cm³/mol. The highest BCUT2D eigenvalue weighted by Gasteiger charge is 2.16. The van der Waals surface area contributed by atoms with E-state index in [2.05, 4.69) is 15.5 Å². The normalized spacial score (nSPS) is 12.4. The average Bonchev–Trinajstić information content (AvgIpc) is 3.20. The van der Waals surface area contributed by atoms with Gasteiger partial charge in [-0.05, 0) is 24.4 Å². The summed E-state index contributed by atoms with van der Waals surface area (Å²) in [6.45, 7) is 3.39. The number of nitrogens with zero attached hydrogens (tertiary/aromatic N) is 4. The van der Waals surface area contributed by atoms with Gasteiger partial charge in [0.25, 0.3) is 0 Å². The maximum absolute atomic E-state index is 12.4. The molecule has 0 bridgehead atoms.